The molecule has 1 atom stereocenters. The van der Waals surface area contributed by atoms with Gasteiger partial charge in [0.1, 0.15) is 11.9 Å². The maximum Gasteiger partial charge on any atom is 0.274 e. The van der Waals surface area contributed by atoms with Gasteiger partial charge in [0.05, 0.1) is 25.2 Å². The second-order valence-electron chi connectivity index (χ2n) is 9.06. The van der Waals surface area contributed by atoms with E-state index in [1.165, 1.54) is 12.1 Å². The number of hydrogen-bond acceptors (Lipinski definition) is 4. The Morgan fingerprint density at radius 1 is 1.14 bits per heavy atom. The average Bonchev–Trinajstić information content (AvgIpc) is 3.29. The third kappa shape index (κ3) is 4.94. The first kappa shape index (κ1) is 23.5. The van der Waals surface area contributed by atoms with E-state index in [2.05, 4.69) is 10.3 Å². The molecule has 0 spiro atoms. The zero-order valence-electron chi connectivity index (χ0n) is 19.3. The fourth-order valence-corrected chi connectivity index (χ4v) is 4.77. The number of ether oxygens (including phenoxy) is 1. The second kappa shape index (κ2) is 9.79. The molecule has 5 rings (SSSR count). The molecule has 0 radical (unpaired) electrons. The van der Waals surface area contributed by atoms with Crippen LogP contribution in [-0.2, 0) is 22.7 Å². The van der Waals surface area contributed by atoms with E-state index in [1.54, 1.807) is 29.4 Å². The summed E-state index contributed by atoms with van der Waals surface area (Å²) in [6, 6.07) is 11.7. The molecule has 3 heterocycles. The first-order chi connectivity index (χ1) is 16.9. The number of carbonyl (C=O) groups is 2. The number of imidazole rings is 1. The van der Waals surface area contributed by atoms with E-state index in [0.717, 1.165) is 16.8 Å². The molecule has 35 heavy (non-hydrogen) atoms. The summed E-state index contributed by atoms with van der Waals surface area (Å²) in [6.07, 6.45) is 2.60. The number of nitrogens with one attached hydrogen (secondary N) is 1. The van der Waals surface area contributed by atoms with Crippen LogP contribution in [0.2, 0.25) is 5.02 Å². The quantitative estimate of drug-likeness (QED) is 0.565. The van der Waals surface area contributed by atoms with Gasteiger partial charge in [0.15, 0.2) is 5.69 Å². The molecule has 0 aliphatic carbocycles. The van der Waals surface area contributed by atoms with Gasteiger partial charge in [-0.3, -0.25) is 9.59 Å². The van der Waals surface area contributed by atoms with E-state index in [1.807, 2.05) is 23.6 Å². The third-order valence-electron chi connectivity index (χ3n) is 6.77. The summed E-state index contributed by atoms with van der Waals surface area (Å²) in [6.45, 7) is 3.63. The summed E-state index contributed by atoms with van der Waals surface area (Å²) >= 11 is 6.16. The van der Waals surface area contributed by atoms with Crippen molar-refractivity contribution in [1.82, 2.24) is 14.5 Å². The minimum absolute atomic E-state index is 0.0587. The number of nitrogens with zero attached hydrogens (tertiary/aromatic N) is 3. The maximum atomic E-state index is 13.2. The van der Waals surface area contributed by atoms with Gasteiger partial charge >= 0.3 is 0 Å². The molecule has 7 nitrogen and oxygen atoms in total. The molecular formula is C26H26ClFN4O3. The highest BCUT2D eigenvalue weighted by molar-refractivity contribution is 6.31. The molecule has 1 fully saturated rings. The van der Waals surface area contributed by atoms with Crippen molar-refractivity contribution in [3.8, 4) is 0 Å². The Kier molecular flexibility index (Phi) is 6.58. The number of rotatable bonds is 4. The smallest absolute Gasteiger partial charge is 0.274 e. The topological polar surface area (TPSA) is 76.5 Å². The zero-order chi connectivity index (χ0) is 24.5. The molecule has 2 aromatic carbocycles. The molecule has 3 aromatic rings. The van der Waals surface area contributed by atoms with Crippen molar-refractivity contribution in [3.63, 3.8) is 0 Å². The summed E-state index contributed by atoms with van der Waals surface area (Å²) in [5, 5.41) is 3.54. The molecule has 9 heteroatoms. The molecule has 182 valence electrons. The van der Waals surface area contributed by atoms with Gasteiger partial charge in [-0.1, -0.05) is 29.8 Å². The lowest BCUT2D eigenvalue weighted by Gasteiger charge is -2.31. The first-order valence-corrected chi connectivity index (χ1v) is 12.0. The largest absolute Gasteiger partial charge is 0.365 e. The SMILES string of the molecule is Cc1ccc(NC(=O)C2CCN(C(=O)c3ncn4c3CO[C@@H](c3ccc(F)cc3)C4)CC2)cc1Cl. The first-order valence-electron chi connectivity index (χ1n) is 11.7. The number of hydrogen-bond donors (Lipinski definition) is 1. The summed E-state index contributed by atoms with van der Waals surface area (Å²) in [4.78, 5) is 32.0. The van der Waals surface area contributed by atoms with Crippen molar-refractivity contribution in [1.29, 1.82) is 0 Å². The summed E-state index contributed by atoms with van der Waals surface area (Å²) in [5.74, 6) is -0.667. The number of halogens is 2. The van der Waals surface area contributed by atoms with E-state index >= 15 is 0 Å². The van der Waals surface area contributed by atoms with Gasteiger partial charge in [-0.2, -0.15) is 0 Å². The lowest BCUT2D eigenvalue weighted by Crippen LogP contribution is -2.42. The van der Waals surface area contributed by atoms with Crippen LogP contribution in [-0.4, -0.2) is 39.4 Å². The van der Waals surface area contributed by atoms with Crippen LogP contribution in [0, 0.1) is 18.7 Å². The van der Waals surface area contributed by atoms with Crippen molar-refractivity contribution in [3.05, 3.63) is 82.1 Å². The standard InChI is InChI=1S/C26H26ClFN4O3/c1-16-2-7-20(12-21(16)27)30-25(33)18-8-10-31(11-9-18)26(34)24-22-14-35-23(13-32(22)15-29-24)17-3-5-19(28)6-4-17/h2-7,12,15,18,23H,8-11,13-14H2,1H3,(H,30,33)/t23-/m1/s1. The fraction of sp³-hybridized carbons (Fsp3) is 0.346. The highest BCUT2D eigenvalue weighted by Gasteiger charge is 2.32. The highest BCUT2D eigenvalue weighted by atomic mass is 35.5. The summed E-state index contributed by atoms with van der Waals surface area (Å²) in [5.41, 5.74) is 3.64. The number of benzene rings is 2. The normalized spacial score (nSPS) is 18.3. The van der Waals surface area contributed by atoms with Crippen LogP contribution in [0.25, 0.3) is 0 Å². The average molecular weight is 497 g/mol. The van der Waals surface area contributed by atoms with Crippen molar-refractivity contribution >= 4 is 29.1 Å². The lowest BCUT2D eigenvalue weighted by atomic mass is 9.95. The van der Waals surface area contributed by atoms with E-state index < -0.39 is 0 Å². The number of amides is 2. The molecule has 0 bridgehead atoms. The van der Waals surface area contributed by atoms with Gasteiger partial charge in [0, 0.05) is 29.7 Å². The van der Waals surface area contributed by atoms with Crippen LogP contribution in [0.15, 0.2) is 48.8 Å². The minimum Gasteiger partial charge on any atom is -0.365 e. The van der Waals surface area contributed by atoms with Gasteiger partial charge in [-0.05, 0) is 55.2 Å². The molecule has 2 aliphatic heterocycles. The van der Waals surface area contributed by atoms with Crippen LogP contribution in [0.1, 0.15) is 46.3 Å². The molecule has 1 saturated heterocycles. The Labute approximate surface area is 207 Å². The Bertz CT molecular complexity index is 1250. The van der Waals surface area contributed by atoms with Crippen LogP contribution in [0.3, 0.4) is 0 Å². The van der Waals surface area contributed by atoms with Crippen LogP contribution >= 0.6 is 11.6 Å². The van der Waals surface area contributed by atoms with Crippen molar-refractivity contribution in [2.75, 3.05) is 18.4 Å². The number of fused-ring (bicyclic) bond motifs is 1. The Morgan fingerprint density at radius 2 is 1.89 bits per heavy atom. The predicted molar refractivity (Wildman–Crippen MR) is 130 cm³/mol. The Balaban J connectivity index is 1.18. The van der Waals surface area contributed by atoms with Crippen LogP contribution in [0.4, 0.5) is 10.1 Å². The van der Waals surface area contributed by atoms with Crippen molar-refractivity contribution in [2.24, 2.45) is 5.92 Å². The van der Waals surface area contributed by atoms with Crippen LogP contribution < -0.4 is 5.32 Å². The Morgan fingerprint density at radius 3 is 2.60 bits per heavy atom. The molecule has 2 amide bonds. The van der Waals surface area contributed by atoms with Crippen molar-refractivity contribution in [2.45, 2.75) is 39.0 Å². The number of piperidine rings is 1. The van der Waals surface area contributed by atoms with Gasteiger partial charge < -0.3 is 19.5 Å². The number of aromatic nitrogens is 2. The number of aryl methyl sites for hydroxylation is 1. The zero-order valence-corrected chi connectivity index (χ0v) is 20.1. The van der Waals surface area contributed by atoms with Crippen molar-refractivity contribution < 1.29 is 18.7 Å². The summed E-state index contributed by atoms with van der Waals surface area (Å²) in [7, 11) is 0. The molecule has 1 aromatic heterocycles. The molecule has 2 aliphatic rings. The van der Waals surface area contributed by atoms with E-state index in [-0.39, 0.29) is 36.3 Å². The van der Waals surface area contributed by atoms with Gasteiger partial charge in [0.2, 0.25) is 5.91 Å². The Hall–Kier alpha value is -3.23. The molecule has 1 N–H and O–H groups in total. The third-order valence-corrected chi connectivity index (χ3v) is 7.17. The number of anilines is 1. The van der Waals surface area contributed by atoms with E-state index in [4.69, 9.17) is 16.3 Å². The van der Waals surface area contributed by atoms with Gasteiger partial charge in [0.25, 0.3) is 5.91 Å². The predicted octanol–water partition coefficient (Wildman–Crippen LogP) is 4.75. The monoisotopic (exact) mass is 496 g/mol. The minimum atomic E-state index is -0.290. The van der Waals surface area contributed by atoms with E-state index in [9.17, 15) is 14.0 Å². The number of carbonyl (C=O) groups excluding carboxylic acids is 2. The molecule has 0 unspecified atom stereocenters. The van der Waals surface area contributed by atoms with Gasteiger partial charge in [-0.25, -0.2) is 9.37 Å². The second-order valence-corrected chi connectivity index (χ2v) is 9.47. The summed E-state index contributed by atoms with van der Waals surface area (Å²) < 4.78 is 21.1. The van der Waals surface area contributed by atoms with Gasteiger partial charge in [-0.15, -0.1) is 0 Å². The van der Waals surface area contributed by atoms with E-state index in [0.29, 0.717) is 48.9 Å². The molecule has 0 saturated carbocycles. The maximum absolute atomic E-state index is 13.2. The molecular weight excluding hydrogens is 471 g/mol. The fourth-order valence-electron chi connectivity index (χ4n) is 4.59. The highest BCUT2D eigenvalue weighted by Crippen LogP contribution is 2.29. The lowest BCUT2D eigenvalue weighted by molar-refractivity contribution is -0.121. The van der Waals surface area contributed by atoms with Crippen LogP contribution in [0.5, 0.6) is 0 Å². The number of likely N-dealkylation sites (tertiary alicyclic amines) is 1.